The SMILES string of the molecule is Cc1ccc(CC(=O)N2CCCN(C(=O)NC3CCCCC3)CC2)cc1C. The molecule has 5 nitrogen and oxygen atoms in total. The molecule has 1 aliphatic heterocycles. The Morgan fingerprint density at radius 3 is 2.37 bits per heavy atom. The lowest BCUT2D eigenvalue weighted by Crippen LogP contribution is -2.47. The minimum Gasteiger partial charge on any atom is -0.341 e. The highest BCUT2D eigenvalue weighted by Gasteiger charge is 2.24. The number of aryl methyl sites for hydroxylation is 2. The van der Waals surface area contributed by atoms with Gasteiger partial charge < -0.3 is 15.1 Å². The van der Waals surface area contributed by atoms with Crippen LogP contribution >= 0.6 is 0 Å². The molecule has 148 valence electrons. The van der Waals surface area contributed by atoms with Crippen LogP contribution in [0.25, 0.3) is 0 Å². The summed E-state index contributed by atoms with van der Waals surface area (Å²) < 4.78 is 0. The molecule has 1 heterocycles. The summed E-state index contributed by atoms with van der Waals surface area (Å²) in [6.45, 7) is 6.88. The summed E-state index contributed by atoms with van der Waals surface area (Å²) >= 11 is 0. The highest BCUT2D eigenvalue weighted by atomic mass is 16.2. The number of rotatable bonds is 3. The van der Waals surface area contributed by atoms with Gasteiger partial charge in [0, 0.05) is 32.2 Å². The lowest BCUT2D eigenvalue weighted by atomic mass is 9.96. The lowest BCUT2D eigenvalue weighted by molar-refractivity contribution is -0.130. The van der Waals surface area contributed by atoms with Gasteiger partial charge in [-0.2, -0.15) is 0 Å². The van der Waals surface area contributed by atoms with Gasteiger partial charge in [-0.15, -0.1) is 0 Å². The van der Waals surface area contributed by atoms with Crippen LogP contribution in [-0.4, -0.2) is 54.0 Å². The standard InChI is InChI=1S/C22H33N3O2/c1-17-9-10-19(15-18(17)2)16-21(26)24-11-6-12-25(14-13-24)22(27)23-20-7-4-3-5-8-20/h9-10,15,20H,3-8,11-14,16H2,1-2H3,(H,23,27). The van der Waals surface area contributed by atoms with E-state index in [2.05, 4.69) is 31.3 Å². The Morgan fingerprint density at radius 2 is 1.63 bits per heavy atom. The van der Waals surface area contributed by atoms with Crippen molar-refractivity contribution in [3.63, 3.8) is 0 Å². The number of carbonyl (C=O) groups is 2. The summed E-state index contributed by atoms with van der Waals surface area (Å²) in [5, 5.41) is 3.20. The molecule has 0 atom stereocenters. The van der Waals surface area contributed by atoms with E-state index >= 15 is 0 Å². The molecule has 1 saturated carbocycles. The Labute approximate surface area is 163 Å². The van der Waals surface area contributed by atoms with E-state index in [0.29, 0.717) is 25.6 Å². The average Bonchev–Trinajstić information content (AvgIpc) is 2.92. The summed E-state index contributed by atoms with van der Waals surface area (Å²) in [5.74, 6) is 0.160. The minimum atomic E-state index is 0.0466. The van der Waals surface area contributed by atoms with Crippen molar-refractivity contribution in [3.8, 4) is 0 Å². The first-order valence-electron chi connectivity index (χ1n) is 10.4. The topological polar surface area (TPSA) is 52.7 Å². The van der Waals surface area contributed by atoms with Crippen molar-refractivity contribution in [3.05, 3.63) is 34.9 Å². The fourth-order valence-corrected chi connectivity index (χ4v) is 4.08. The van der Waals surface area contributed by atoms with Crippen LogP contribution in [0.5, 0.6) is 0 Å². The first-order chi connectivity index (χ1) is 13.0. The number of hydrogen-bond donors (Lipinski definition) is 1. The van der Waals surface area contributed by atoms with Gasteiger partial charge in [-0.3, -0.25) is 4.79 Å². The van der Waals surface area contributed by atoms with Crippen LogP contribution in [0.4, 0.5) is 4.79 Å². The Bertz CT molecular complexity index is 668. The quantitative estimate of drug-likeness (QED) is 0.885. The highest BCUT2D eigenvalue weighted by Crippen LogP contribution is 2.18. The molecule has 1 aromatic carbocycles. The molecule has 0 bridgehead atoms. The molecular formula is C22H33N3O2. The Hall–Kier alpha value is -2.04. The van der Waals surface area contributed by atoms with Crippen molar-refractivity contribution < 1.29 is 9.59 Å². The molecule has 0 unspecified atom stereocenters. The second kappa shape index (κ2) is 9.25. The van der Waals surface area contributed by atoms with Gasteiger partial charge in [-0.1, -0.05) is 37.5 Å². The number of hydrogen-bond acceptors (Lipinski definition) is 2. The smallest absolute Gasteiger partial charge is 0.317 e. The fraction of sp³-hybridized carbons (Fsp3) is 0.636. The molecule has 1 aromatic rings. The van der Waals surface area contributed by atoms with Crippen molar-refractivity contribution in [1.29, 1.82) is 0 Å². The van der Waals surface area contributed by atoms with Gasteiger partial charge in [0.2, 0.25) is 5.91 Å². The van der Waals surface area contributed by atoms with Crippen LogP contribution < -0.4 is 5.32 Å². The van der Waals surface area contributed by atoms with Crippen molar-refractivity contribution in [2.24, 2.45) is 0 Å². The molecule has 2 fully saturated rings. The molecule has 1 saturated heterocycles. The summed E-state index contributed by atoms with van der Waals surface area (Å²) in [4.78, 5) is 29.1. The molecule has 1 aliphatic carbocycles. The summed E-state index contributed by atoms with van der Waals surface area (Å²) in [6.07, 6.45) is 7.19. The van der Waals surface area contributed by atoms with Crippen molar-refractivity contribution in [2.75, 3.05) is 26.2 Å². The third-order valence-corrected chi connectivity index (χ3v) is 6.00. The van der Waals surface area contributed by atoms with Crippen molar-refractivity contribution >= 4 is 11.9 Å². The van der Waals surface area contributed by atoms with E-state index in [1.54, 1.807) is 0 Å². The molecule has 27 heavy (non-hydrogen) atoms. The molecule has 3 amide bonds. The number of urea groups is 1. The molecule has 0 aromatic heterocycles. The Kier molecular flexibility index (Phi) is 6.75. The molecule has 1 N–H and O–H groups in total. The fourth-order valence-electron chi connectivity index (χ4n) is 4.08. The number of carbonyl (C=O) groups excluding carboxylic acids is 2. The number of benzene rings is 1. The first-order valence-corrected chi connectivity index (χ1v) is 10.4. The third kappa shape index (κ3) is 5.47. The first kappa shape index (κ1) is 19.7. The number of nitrogens with zero attached hydrogens (tertiary/aromatic N) is 2. The summed E-state index contributed by atoms with van der Waals surface area (Å²) in [5.41, 5.74) is 3.54. The van der Waals surface area contributed by atoms with E-state index < -0.39 is 0 Å². The number of amides is 3. The third-order valence-electron chi connectivity index (χ3n) is 6.00. The molecule has 5 heteroatoms. The maximum Gasteiger partial charge on any atom is 0.317 e. The van der Waals surface area contributed by atoms with E-state index in [9.17, 15) is 9.59 Å². The van der Waals surface area contributed by atoms with Gasteiger partial charge >= 0.3 is 6.03 Å². The largest absolute Gasteiger partial charge is 0.341 e. The average molecular weight is 372 g/mol. The van der Waals surface area contributed by atoms with E-state index in [1.165, 1.54) is 30.4 Å². The summed E-state index contributed by atoms with van der Waals surface area (Å²) in [6, 6.07) is 6.61. The van der Waals surface area contributed by atoms with Crippen molar-refractivity contribution in [2.45, 2.75) is 64.8 Å². The van der Waals surface area contributed by atoms with Crippen LogP contribution in [0.1, 0.15) is 55.2 Å². The minimum absolute atomic E-state index is 0.0466. The molecule has 0 radical (unpaired) electrons. The van der Waals surface area contributed by atoms with Crippen LogP contribution in [0.2, 0.25) is 0 Å². The van der Waals surface area contributed by atoms with Crippen LogP contribution in [-0.2, 0) is 11.2 Å². The Balaban J connectivity index is 1.50. The van der Waals surface area contributed by atoms with Gasteiger partial charge in [0.05, 0.1) is 6.42 Å². The maximum atomic E-state index is 12.7. The molecule has 0 spiro atoms. The summed E-state index contributed by atoms with van der Waals surface area (Å²) in [7, 11) is 0. The highest BCUT2D eigenvalue weighted by molar-refractivity contribution is 5.79. The molecule has 2 aliphatic rings. The zero-order valence-corrected chi connectivity index (χ0v) is 16.8. The monoisotopic (exact) mass is 371 g/mol. The second-order valence-electron chi connectivity index (χ2n) is 8.10. The van der Waals surface area contributed by atoms with Gasteiger partial charge in [0.1, 0.15) is 0 Å². The van der Waals surface area contributed by atoms with E-state index in [4.69, 9.17) is 0 Å². The van der Waals surface area contributed by atoms with Crippen LogP contribution in [0.15, 0.2) is 18.2 Å². The Morgan fingerprint density at radius 1 is 0.926 bits per heavy atom. The van der Waals surface area contributed by atoms with Crippen molar-refractivity contribution in [1.82, 2.24) is 15.1 Å². The van der Waals surface area contributed by atoms with E-state index in [0.717, 1.165) is 37.9 Å². The van der Waals surface area contributed by atoms with E-state index in [-0.39, 0.29) is 11.9 Å². The lowest BCUT2D eigenvalue weighted by Gasteiger charge is -2.27. The van der Waals surface area contributed by atoms with Crippen LogP contribution in [0, 0.1) is 13.8 Å². The predicted molar refractivity (Wildman–Crippen MR) is 108 cm³/mol. The predicted octanol–water partition coefficient (Wildman–Crippen LogP) is 3.42. The van der Waals surface area contributed by atoms with Gasteiger partial charge in [0.25, 0.3) is 0 Å². The molecule has 3 rings (SSSR count). The number of nitrogens with one attached hydrogen (secondary N) is 1. The zero-order chi connectivity index (χ0) is 19.2. The molecular weight excluding hydrogens is 338 g/mol. The van der Waals surface area contributed by atoms with Gasteiger partial charge in [-0.05, 0) is 49.8 Å². The maximum absolute atomic E-state index is 12.7. The normalized spacial score (nSPS) is 18.9. The zero-order valence-electron chi connectivity index (χ0n) is 16.8. The van der Waals surface area contributed by atoms with Crippen LogP contribution in [0.3, 0.4) is 0 Å². The van der Waals surface area contributed by atoms with E-state index in [1.807, 2.05) is 15.9 Å². The van der Waals surface area contributed by atoms with Gasteiger partial charge in [-0.25, -0.2) is 4.79 Å². The van der Waals surface area contributed by atoms with Gasteiger partial charge in [0.15, 0.2) is 0 Å². The second-order valence-corrected chi connectivity index (χ2v) is 8.10.